The first kappa shape index (κ1) is 19.9. The predicted molar refractivity (Wildman–Crippen MR) is 95.6 cm³/mol. The van der Waals surface area contributed by atoms with E-state index >= 15 is 0 Å². The lowest BCUT2D eigenvalue weighted by Crippen LogP contribution is -2.51. The van der Waals surface area contributed by atoms with Crippen LogP contribution >= 0.6 is 12.4 Å². The van der Waals surface area contributed by atoms with Crippen molar-refractivity contribution in [2.75, 3.05) is 39.3 Å². The maximum atomic E-state index is 12.7. The quantitative estimate of drug-likeness (QED) is 0.574. The molecule has 0 aromatic carbocycles. The zero-order chi connectivity index (χ0) is 17.2. The highest BCUT2D eigenvalue weighted by Gasteiger charge is 2.54. The minimum absolute atomic E-state index is 0. The summed E-state index contributed by atoms with van der Waals surface area (Å²) in [4.78, 5) is 40.6. The molecule has 1 atom stereocenters. The van der Waals surface area contributed by atoms with E-state index in [1.54, 1.807) is 6.92 Å². The summed E-state index contributed by atoms with van der Waals surface area (Å²) in [6, 6.07) is -1.22. The molecule has 0 bridgehead atoms. The Morgan fingerprint density at radius 2 is 1.88 bits per heavy atom. The Balaban J connectivity index is 0.00000225. The molecule has 2 aliphatic heterocycles. The standard InChI is InChI=1S/C16H27N5O3.ClH/c1-12(13(22)18-8-11-20-9-6-17-7-10-20)21-14(23)16(19-15(21)24)4-2-3-5-16;/h12,17H,2-11H2,1H3,(H,18,22)(H,19,24);1H. The average Bonchev–Trinajstić information content (AvgIpc) is 3.14. The molecule has 1 unspecified atom stereocenters. The molecule has 2 heterocycles. The lowest BCUT2D eigenvalue weighted by Gasteiger charge is -2.28. The Kier molecular flexibility index (Phi) is 6.65. The molecular formula is C16H28ClN5O3. The molecule has 2 saturated heterocycles. The van der Waals surface area contributed by atoms with Gasteiger partial charge in [-0.2, -0.15) is 0 Å². The van der Waals surface area contributed by atoms with Crippen LogP contribution in [0.15, 0.2) is 0 Å². The van der Waals surface area contributed by atoms with Gasteiger partial charge in [0.05, 0.1) is 0 Å². The van der Waals surface area contributed by atoms with Gasteiger partial charge >= 0.3 is 6.03 Å². The average molecular weight is 374 g/mol. The lowest BCUT2D eigenvalue weighted by molar-refractivity contribution is -0.137. The van der Waals surface area contributed by atoms with Crippen molar-refractivity contribution in [3.05, 3.63) is 0 Å². The number of hydrogen-bond acceptors (Lipinski definition) is 5. The lowest BCUT2D eigenvalue weighted by atomic mass is 9.97. The second kappa shape index (κ2) is 8.33. The van der Waals surface area contributed by atoms with Gasteiger partial charge in [0.25, 0.3) is 5.91 Å². The topological polar surface area (TPSA) is 93.8 Å². The highest BCUT2D eigenvalue weighted by molar-refractivity contribution is 6.09. The van der Waals surface area contributed by atoms with E-state index in [0.717, 1.165) is 50.5 Å². The SMILES string of the molecule is CC(C(=O)NCCN1CCNCC1)N1C(=O)NC2(CCCC2)C1=O.Cl. The molecule has 3 fully saturated rings. The highest BCUT2D eigenvalue weighted by atomic mass is 35.5. The van der Waals surface area contributed by atoms with Crippen LogP contribution in [0, 0.1) is 0 Å². The third-order valence-corrected chi connectivity index (χ3v) is 5.35. The fourth-order valence-electron chi connectivity index (χ4n) is 3.85. The van der Waals surface area contributed by atoms with Gasteiger partial charge in [0.2, 0.25) is 5.91 Å². The molecule has 0 radical (unpaired) electrons. The number of carbonyl (C=O) groups excluding carboxylic acids is 3. The van der Waals surface area contributed by atoms with Crippen molar-refractivity contribution in [1.29, 1.82) is 0 Å². The Hall–Kier alpha value is -1.38. The fourth-order valence-corrected chi connectivity index (χ4v) is 3.85. The fraction of sp³-hybridized carbons (Fsp3) is 0.812. The van der Waals surface area contributed by atoms with Gasteiger partial charge in [-0.15, -0.1) is 12.4 Å². The highest BCUT2D eigenvalue weighted by Crippen LogP contribution is 2.35. The summed E-state index contributed by atoms with van der Waals surface area (Å²) in [5, 5.41) is 8.95. The van der Waals surface area contributed by atoms with E-state index in [2.05, 4.69) is 20.9 Å². The van der Waals surface area contributed by atoms with E-state index in [-0.39, 0.29) is 24.2 Å². The van der Waals surface area contributed by atoms with Crippen molar-refractivity contribution in [3.63, 3.8) is 0 Å². The van der Waals surface area contributed by atoms with E-state index in [0.29, 0.717) is 19.4 Å². The van der Waals surface area contributed by atoms with E-state index < -0.39 is 17.6 Å². The van der Waals surface area contributed by atoms with Crippen LogP contribution in [0.1, 0.15) is 32.6 Å². The van der Waals surface area contributed by atoms with E-state index in [4.69, 9.17) is 0 Å². The van der Waals surface area contributed by atoms with E-state index in [9.17, 15) is 14.4 Å². The predicted octanol–water partition coefficient (Wildman–Crippen LogP) is -0.317. The van der Waals surface area contributed by atoms with E-state index in [1.165, 1.54) is 0 Å². The van der Waals surface area contributed by atoms with Gasteiger partial charge in [-0.3, -0.25) is 14.5 Å². The monoisotopic (exact) mass is 373 g/mol. The van der Waals surface area contributed by atoms with Gasteiger partial charge < -0.3 is 16.0 Å². The van der Waals surface area contributed by atoms with Crippen LogP contribution in [0.2, 0.25) is 0 Å². The van der Waals surface area contributed by atoms with Gasteiger partial charge in [0, 0.05) is 39.3 Å². The van der Waals surface area contributed by atoms with Crippen LogP contribution in [-0.2, 0) is 9.59 Å². The summed E-state index contributed by atoms with van der Waals surface area (Å²) in [5.74, 6) is -0.515. The molecule has 1 aliphatic carbocycles. The second-order valence-electron chi connectivity index (χ2n) is 6.95. The Morgan fingerprint density at radius 3 is 2.52 bits per heavy atom. The Bertz CT molecular complexity index is 518. The number of nitrogens with one attached hydrogen (secondary N) is 3. The number of carbonyl (C=O) groups is 3. The molecule has 0 aromatic heterocycles. The normalized spacial score (nSPS) is 24.1. The number of halogens is 1. The van der Waals surface area contributed by atoms with Gasteiger partial charge in [0.1, 0.15) is 11.6 Å². The Labute approximate surface area is 154 Å². The van der Waals surface area contributed by atoms with Crippen LogP contribution < -0.4 is 16.0 Å². The number of nitrogens with zero attached hydrogens (tertiary/aromatic N) is 2. The summed E-state index contributed by atoms with van der Waals surface area (Å²) < 4.78 is 0. The largest absolute Gasteiger partial charge is 0.353 e. The summed E-state index contributed by atoms with van der Waals surface area (Å²) in [6.45, 7) is 6.81. The molecule has 0 aromatic rings. The molecule has 1 saturated carbocycles. The summed E-state index contributed by atoms with van der Waals surface area (Å²) in [5.41, 5.74) is -0.758. The second-order valence-corrected chi connectivity index (χ2v) is 6.95. The van der Waals surface area contributed by atoms with Crippen molar-refractivity contribution >= 4 is 30.3 Å². The van der Waals surface area contributed by atoms with Crippen molar-refractivity contribution < 1.29 is 14.4 Å². The minimum Gasteiger partial charge on any atom is -0.353 e. The van der Waals surface area contributed by atoms with Gasteiger partial charge in [-0.1, -0.05) is 12.8 Å². The van der Waals surface area contributed by atoms with Crippen LogP contribution in [0.3, 0.4) is 0 Å². The van der Waals surface area contributed by atoms with Crippen molar-refractivity contribution in [2.24, 2.45) is 0 Å². The summed E-state index contributed by atoms with van der Waals surface area (Å²) in [7, 11) is 0. The number of hydrogen-bond donors (Lipinski definition) is 3. The van der Waals surface area contributed by atoms with Gasteiger partial charge in [0.15, 0.2) is 0 Å². The molecule has 8 nitrogen and oxygen atoms in total. The number of piperazine rings is 1. The first-order chi connectivity index (χ1) is 11.5. The van der Waals surface area contributed by atoms with Crippen molar-refractivity contribution in [1.82, 2.24) is 25.8 Å². The van der Waals surface area contributed by atoms with Gasteiger partial charge in [-0.25, -0.2) is 9.69 Å². The Morgan fingerprint density at radius 1 is 1.24 bits per heavy atom. The zero-order valence-corrected chi connectivity index (χ0v) is 15.5. The molecule has 142 valence electrons. The maximum absolute atomic E-state index is 12.7. The van der Waals surface area contributed by atoms with Crippen molar-refractivity contribution in [3.8, 4) is 0 Å². The third kappa shape index (κ3) is 4.07. The third-order valence-electron chi connectivity index (χ3n) is 5.35. The van der Waals surface area contributed by atoms with E-state index in [1.807, 2.05) is 0 Å². The summed E-state index contributed by atoms with van der Waals surface area (Å²) in [6.07, 6.45) is 3.22. The zero-order valence-electron chi connectivity index (χ0n) is 14.7. The molecule has 3 rings (SSSR count). The van der Waals surface area contributed by atoms with Crippen LogP contribution in [0.4, 0.5) is 4.79 Å². The molecule has 3 N–H and O–H groups in total. The van der Waals surface area contributed by atoms with Gasteiger partial charge in [-0.05, 0) is 19.8 Å². The molecule has 1 spiro atoms. The van der Waals surface area contributed by atoms with Crippen LogP contribution in [-0.4, -0.2) is 78.5 Å². The molecule has 9 heteroatoms. The number of amides is 4. The molecular weight excluding hydrogens is 346 g/mol. The smallest absolute Gasteiger partial charge is 0.325 e. The first-order valence-corrected chi connectivity index (χ1v) is 8.90. The first-order valence-electron chi connectivity index (χ1n) is 8.90. The van der Waals surface area contributed by atoms with Crippen molar-refractivity contribution in [2.45, 2.75) is 44.2 Å². The molecule has 3 aliphatic rings. The number of imide groups is 1. The molecule has 4 amide bonds. The van der Waals surface area contributed by atoms with Crippen LogP contribution in [0.5, 0.6) is 0 Å². The molecule has 25 heavy (non-hydrogen) atoms. The number of rotatable bonds is 5. The number of urea groups is 1. The van der Waals surface area contributed by atoms with Crippen LogP contribution in [0.25, 0.3) is 0 Å². The minimum atomic E-state index is -0.777. The maximum Gasteiger partial charge on any atom is 0.325 e. The summed E-state index contributed by atoms with van der Waals surface area (Å²) >= 11 is 0.